The third-order valence-electron chi connectivity index (χ3n) is 3.67. The number of carbonyl (C=O) groups excluding carboxylic acids is 1. The van der Waals surface area contributed by atoms with E-state index in [2.05, 4.69) is 42.0 Å². The van der Waals surface area contributed by atoms with Crippen molar-refractivity contribution in [2.24, 2.45) is 5.10 Å². The third kappa shape index (κ3) is 5.70. The normalized spacial score (nSPS) is 10.9. The fraction of sp³-hybridized carbons (Fsp3) is 0.111. The van der Waals surface area contributed by atoms with E-state index in [1.165, 1.54) is 22.9 Å². The van der Waals surface area contributed by atoms with E-state index in [-0.39, 0.29) is 17.6 Å². The summed E-state index contributed by atoms with van der Waals surface area (Å²) < 4.78 is 20.5. The van der Waals surface area contributed by atoms with Gasteiger partial charge in [0.2, 0.25) is 11.1 Å². The summed E-state index contributed by atoms with van der Waals surface area (Å²) in [4.78, 5) is 12.0. The Balaban J connectivity index is 1.57. The number of anilines is 2. The van der Waals surface area contributed by atoms with Gasteiger partial charge in [-0.3, -0.25) is 4.79 Å². The summed E-state index contributed by atoms with van der Waals surface area (Å²) in [5, 5.41) is 14.8. The Hall–Kier alpha value is -3.12. The van der Waals surface area contributed by atoms with E-state index in [1.807, 2.05) is 12.1 Å². The number of amides is 1. The lowest BCUT2D eigenvalue weighted by molar-refractivity contribution is -0.113. The second-order valence-corrected chi connectivity index (χ2v) is 7.64. The highest BCUT2D eigenvalue weighted by Crippen LogP contribution is 2.21. The van der Waals surface area contributed by atoms with Crippen LogP contribution in [-0.4, -0.2) is 39.9 Å². The van der Waals surface area contributed by atoms with Crippen LogP contribution in [0.5, 0.6) is 5.75 Å². The molecule has 12 heteroatoms. The van der Waals surface area contributed by atoms with Gasteiger partial charge in [0.25, 0.3) is 5.95 Å². The number of benzene rings is 2. The summed E-state index contributed by atoms with van der Waals surface area (Å²) in [6.45, 7) is 0. The number of nitrogen functional groups attached to an aromatic ring is 1. The second-order valence-electron chi connectivity index (χ2n) is 5.78. The van der Waals surface area contributed by atoms with Gasteiger partial charge >= 0.3 is 0 Å². The van der Waals surface area contributed by atoms with Crippen LogP contribution in [0, 0.1) is 5.82 Å². The monoisotopic (exact) mass is 493 g/mol. The number of hydrogen-bond donors (Lipinski definition) is 3. The molecule has 3 aromatic rings. The summed E-state index contributed by atoms with van der Waals surface area (Å²) >= 11 is 4.47. The molecular weight excluding hydrogens is 477 g/mol. The van der Waals surface area contributed by atoms with Gasteiger partial charge in [0.1, 0.15) is 11.6 Å². The quantitative estimate of drug-likeness (QED) is 0.191. The molecule has 4 N–H and O–H groups in total. The standard InChI is InChI=1S/C18H17BrFN7O2S/c1-29-15-6-5-12(19)7-11(15)9-22-24-17-25-26-18(27(17)21)30-10-16(28)23-14-4-2-3-13(20)8-14/h2-9H,10,21H2,1H3,(H,23,28)(H,24,25)/b22-9+. The Morgan fingerprint density at radius 2 is 2.20 bits per heavy atom. The highest BCUT2D eigenvalue weighted by Gasteiger charge is 2.12. The smallest absolute Gasteiger partial charge is 0.264 e. The van der Waals surface area contributed by atoms with Crippen LogP contribution >= 0.6 is 27.7 Å². The maximum absolute atomic E-state index is 13.2. The Morgan fingerprint density at radius 1 is 1.37 bits per heavy atom. The zero-order valence-electron chi connectivity index (χ0n) is 15.7. The number of ether oxygens (including phenoxy) is 1. The van der Waals surface area contributed by atoms with Crippen LogP contribution in [0.4, 0.5) is 16.0 Å². The van der Waals surface area contributed by atoms with E-state index in [1.54, 1.807) is 25.5 Å². The van der Waals surface area contributed by atoms with E-state index in [4.69, 9.17) is 10.6 Å². The van der Waals surface area contributed by atoms with Crippen molar-refractivity contribution in [3.63, 3.8) is 0 Å². The number of aromatic nitrogens is 3. The molecule has 156 valence electrons. The first-order valence-electron chi connectivity index (χ1n) is 8.47. The average Bonchev–Trinajstić information content (AvgIpc) is 3.06. The van der Waals surface area contributed by atoms with E-state index in [0.29, 0.717) is 16.6 Å². The van der Waals surface area contributed by atoms with Crippen LogP contribution in [0.25, 0.3) is 0 Å². The molecule has 0 unspecified atom stereocenters. The topological polar surface area (TPSA) is 119 Å². The molecule has 3 rings (SSSR count). The average molecular weight is 494 g/mol. The first-order chi connectivity index (χ1) is 14.5. The van der Waals surface area contributed by atoms with E-state index in [9.17, 15) is 9.18 Å². The fourth-order valence-corrected chi connectivity index (χ4v) is 3.35. The molecule has 1 amide bonds. The predicted octanol–water partition coefficient (Wildman–Crippen LogP) is 3.08. The van der Waals surface area contributed by atoms with Crippen LogP contribution in [0.15, 0.2) is 57.2 Å². The van der Waals surface area contributed by atoms with Crippen molar-refractivity contribution in [3.8, 4) is 5.75 Å². The van der Waals surface area contributed by atoms with Crippen molar-refractivity contribution in [3.05, 3.63) is 58.3 Å². The molecule has 0 bridgehead atoms. The summed E-state index contributed by atoms with van der Waals surface area (Å²) in [7, 11) is 1.57. The molecule has 0 saturated heterocycles. The molecule has 0 atom stereocenters. The minimum atomic E-state index is -0.432. The minimum absolute atomic E-state index is 0.0182. The molecule has 9 nitrogen and oxygen atoms in total. The summed E-state index contributed by atoms with van der Waals surface area (Å²) in [6, 6.07) is 11.1. The van der Waals surface area contributed by atoms with Crippen molar-refractivity contribution in [2.45, 2.75) is 5.16 Å². The Bertz CT molecular complexity index is 1080. The van der Waals surface area contributed by atoms with Crippen LogP contribution < -0.4 is 21.3 Å². The number of thioether (sulfide) groups is 1. The number of hydrogen-bond acceptors (Lipinski definition) is 8. The number of hydrazone groups is 1. The molecule has 0 saturated carbocycles. The van der Waals surface area contributed by atoms with Crippen molar-refractivity contribution < 1.29 is 13.9 Å². The van der Waals surface area contributed by atoms with Gasteiger partial charge in [0, 0.05) is 15.7 Å². The largest absolute Gasteiger partial charge is 0.496 e. The maximum atomic E-state index is 13.2. The molecule has 0 aliphatic heterocycles. The van der Waals surface area contributed by atoms with Gasteiger partial charge in [0.05, 0.1) is 19.1 Å². The Morgan fingerprint density at radius 3 is 2.97 bits per heavy atom. The van der Waals surface area contributed by atoms with Gasteiger partial charge in [0.15, 0.2) is 0 Å². The molecule has 2 aromatic carbocycles. The molecule has 0 radical (unpaired) electrons. The number of carbonyl (C=O) groups is 1. The van der Waals surface area contributed by atoms with Gasteiger partial charge in [-0.1, -0.05) is 33.8 Å². The summed E-state index contributed by atoms with van der Waals surface area (Å²) in [5.74, 6) is 6.04. The van der Waals surface area contributed by atoms with Crippen LogP contribution in [0.1, 0.15) is 5.56 Å². The molecule has 0 aliphatic carbocycles. The molecule has 0 spiro atoms. The van der Waals surface area contributed by atoms with Gasteiger partial charge < -0.3 is 15.9 Å². The van der Waals surface area contributed by atoms with Gasteiger partial charge in [-0.25, -0.2) is 14.5 Å². The van der Waals surface area contributed by atoms with E-state index < -0.39 is 5.82 Å². The molecule has 0 aliphatic rings. The lowest BCUT2D eigenvalue weighted by atomic mass is 10.2. The fourth-order valence-electron chi connectivity index (χ4n) is 2.31. The summed E-state index contributed by atoms with van der Waals surface area (Å²) in [5.41, 5.74) is 3.81. The third-order valence-corrected chi connectivity index (χ3v) is 5.10. The van der Waals surface area contributed by atoms with Crippen LogP contribution in [0.2, 0.25) is 0 Å². The molecule has 1 aromatic heterocycles. The Labute approximate surface area is 184 Å². The van der Waals surface area contributed by atoms with E-state index >= 15 is 0 Å². The number of halogens is 2. The first-order valence-corrected chi connectivity index (χ1v) is 10.3. The Kier molecular flexibility index (Phi) is 7.25. The minimum Gasteiger partial charge on any atom is -0.496 e. The maximum Gasteiger partial charge on any atom is 0.264 e. The van der Waals surface area contributed by atoms with E-state index in [0.717, 1.165) is 21.8 Å². The molecule has 0 fully saturated rings. The van der Waals surface area contributed by atoms with Gasteiger partial charge in [-0.15, -0.1) is 10.2 Å². The zero-order valence-corrected chi connectivity index (χ0v) is 18.1. The number of methoxy groups -OCH3 is 1. The van der Waals surface area contributed by atoms with Crippen molar-refractivity contribution in [2.75, 3.05) is 29.4 Å². The predicted molar refractivity (Wildman–Crippen MR) is 118 cm³/mol. The highest BCUT2D eigenvalue weighted by atomic mass is 79.9. The molecule has 1 heterocycles. The molecular formula is C18H17BrFN7O2S. The number of rotatable bonds is 8. The number of nitrogens with zero attached hydrogens (tertiary/aromatic N) is 4. The zero-order chi connectivity index (χ0) is 21.5. The number of nitrogens with two attached hydrogens (primary N) is 1. The number of nitrogens with one attached hydrogen (secondary N) is 2. The summed E-state index contributed by atoms with van der Waals surface area (Å²) in [6.07, 6.45) is 1.55. The van der Waals surface area contributed by atoms with Crippen molar-refractivity contribution >= 4 is 51.4 Å². The SMILES string of the molecule is COc1ccc(Br)cc1/C=N/Nc1nnc(SCC(=O)Nc2cccc(F)c2)n1N. The lowest BCUT2D eigenvalue weighted by Crippen LogP contribution is -2.17. The lowest BCUT2D eigenvalue weighted by Gasteiger charge is -2.06. The van der Waals surface area contributed by atoms with Crippen LogP contribution in [0.3, 0.4) is 0 Å². The van der Waals surface area contributed by atoms with Crippen LogP contribution in [-0.2, 0) is 4.79 Å². The van der Waals surface area contributed by atoms with Gasteiger partial charge in [-0.2, -0.15) is 5.10 Å². The van der Waals surface area contributed by atoms with Crippen molar-refractivity contribution in [1.29, 1.82) is 0 Å². The molecule has 30 heavy (non-hydrogen) atoms. The van der Waals surface area contributed by atoms with Crippen molar-refractivity contribution in [1.82, 2.24) is 14.9 Å². The highest BCUT2D eigenvalue weighted by molar-refractivity contribution is 9.10. The van der Waals surface area contributed by atoms with Gasteiger partial charge in [-0.05, 0) is 36.4 Å². The first kappa shape index (κ1) is 21.6. The second kappa shape index (κ2) is 10.1.